The topological polar surface area (TPSA) is 61.8 Å². The minimum Gasteiger partial charge on any atom is -0.321 e. The van der Waals surface area contributed by atoms with E-state index in [1.807, 2.05) is 0 Å². The van der Waals surface area contributed by atoms with Gasteiger partial charge < -0.3 is 4.57 Å². The van der Waals surface area contributed by atoms with Crippen LogP contribution >= 0.6 is 15.0 Å². The molecule has 0 aliphatic carbocycles. The van der Waals surface area contributed by atoms with Crippen molar-refractivity contribution >= 4 is 15.0 Å². The van der Waals surface area contributed by atoms with Crippen molar-refractivity contribution < 1.29 is 22.7 Å². The van der Waals surface area contributed by atoms with E-state index < -0.39 is 20.3 Å². The summed E-state index contributed by atoms with van der Waals surface area (Å²) in [6.07, 6.45) is 1.79. The summed E-state index contributed by atoms with van der Waals surface area (Å²) in [5, 5.41) is -1.03. The summed E-state index contributed by atoms with van der Waals surface area (Å²) in [6, 6.07) is 0. The van der Waals surface area contributed by atoms with Crippen molar-refractivity contribution in [3.63, 3.8) is 0 Å². The fraction of sp³-hybridized carbons (Fsp3) is 1.00. The van der Waals surface area contributed by atoms with E-state index in [1.54, 1.807) is 27.2 Å². The first-order valence-electron chi connectivity index (χ1n) is 6.64. The van der Waals surface area contributed by atoms with Crippen LogP contribution in [-0.4, -0.2) is 31.9 Å². The molecule has 0 N–H and O–H groups in total. The highest BCUT2D eigenvalue weighted by atomic mass is 31.2. The number of phosphoric ester groups is 1. The van der Waals surface area contributed by atoms with E-state index in [0.717, 1.165) is 12.8 Å². The van der Waals surface area contributed by atoms with Gasteiger partial charge in [-0.25, -0.2) is 4.57 Å². The van der Waals surface area contributed by atoms with Crippen LogP contribution in [0.25, 0.3) is 0 Å². The summed E-state index contributed by atoms with van der Waals surface area (Å²) >= 11 is 0. The van der Waals surface area contributed by atoms with E-state index >= 15 is 0 Å². The van der Waals surface area contributed by atoms with Gasteiger partial charge in [0.25, 0.3) is 0 Å². The number of hydrogen-bond donors (Lipinski definition) is 0. The molecular formula is C12H26O5P2. The van der Waals surface area contributed by atoms with Crippen LogP contribution in [0.2, 0.25) is 0 Å². The van der Waals surface area contributed by atoms with Gasteiger partial charge >= 0.3 is 7.82 Å². The Morgan fingerprint density at radius 1 is 1.21 bits per heavy atom. The molecule has 0 radical (unpaired) electrons. The Labute approximate surface area is 116 Å². The highest BCUT2D eigenvalue weighted by molar-refractivity contribution is 7.64. The third-order valence-corrected chi connectivity index (χ3v) is 8.59. The lowest BCUT2D eigenvalue weighted by Crippen LogP contribution is -2.36. The van der Waals surface area contributed by atoms with E-state index in [0.29, 0.717) is 13.2 Å². The molecule has 0 aromatic heterocycles. The minimum atomic E-state index is -3.61. The first-order chi connectivity index (χ1) is 8.49. The second-order valence-corrected chi connectivity index (χ2v) is 11.5. The van der Waals surface area contributed by atoms with Crippen LogP contribution in [0.15, 0.2) is 0 Å². The van der Waals surface area contributed by atoms with E-state index in [1.165, 1.54) is 0 Å². The monoisotopic (exact) mass is 312 g/mol. The second kappa shape index (κ2) is 5.61. The molecule has 0 aromatic rings. The average Bonchev–Trinajstić information content (AvgIpc) is 2.28. The van der Waals surface area contributed by atoms with Gasteiger partial charge in [0.05, 0.1) is 13.2 Å². The molecule has 7 heteroatoms. The summed E-state index contributed by atoms with van der Waals surface area (Å²) in [5.74, 6) is 0. The molecule has 0 amide bonds. The van der Waals surface area contributed by atoms with E-state index in [-0.39, 0.29) is 5.41 Å². The lowest BCUT2D eigenvalue weighted by molar-refractivity contribution is -0.0331. The quantitative estimate of drug-likeness (QED) is 0.707. The van der Waals surface area contributed by atoms with Crippen molar-refractivity contribution in [2.24, 2.45) is 5.41 Å². The van der Waals surface area contributed by atoms with Gasteiger partial charge in [0.15, 0.2) is 0 Å². The van der Waals surface area contributed by atoms with Crippen molar-refractivity contribution in [1.29, 1.82) is 0 Å². The fourth-order valence-electron chi connectivity index (χ4n) is 1.59. The summed E-state index contributed by atoms with van der Waals surface area (Å²) in [4.78, 5) is 0. The maximum atomic E-state index is 12.4. The Hall–Kier alpha value is 0.340. The lowest BCUT2D eigenvalue weighted by atomic mass is 9.84. The van der Waals surface area contributed by atoms with Crippen molar-refractivity contribution in [1.82, 2.24) is 0 Å². The number of hydrogen-bond acceptors (Lipinski definition) is 5. The molecule has 114 valence electrons. The van der Waals surface area contributed by atoms with Gasteiger partial charge in [0.1, 0.15) is 12.5 Å². The predicted molar refractivity (Wildman–Crippen MR) is 77.1 cm³/mol. The molecule has 1 aliphatic heterocycles. The molecule has 1 rings (SSSR count). The van der Waals surface area contributed by atoms with Crippen molar-refractivity contribution in [2.75, 3.05) is 26.5 Å². The van der Waals surface area contributed by atoms with Gasteiger partial charge in [0, 0.05) is 5.41 Å². The molecule has 1 heterocycles. The molecule has 0 atom stereocenters. The highest BCUT2D eigenvalue weighted by Crippen LogP contribution is 2.64. The van der Waals surface area contributed by atoms with Crippen molar-refractivity contribution in [3.05, 3.63) is 0 Å². The Kier molecular flexibility index (Phi) is 5.14. The summed E-state index contributed by atoms with van der Waals surface area (Å²) < 4.78 is 40.8. The Morgan fingerprint density at radius 3 is 1.95 bits per heavy atom. The fourth-order valence-corrected chi connectivity index (χ4v) is 4.27. The molecule has 5 nitrogen and oxygen atoms in total. The summed E-state index contributed by atoms with van der Waals surface area (Å²) in [5.41, 5.74) is -0.0937. The van der Waals surface area contributed by atoms with Crippen LogP contribution in [0.1, 0.15) is 40.5 Å². The van der Waals surface area contributed by atoms with Crippen LogP contribution in [0.3, 0.4) is 0 Å². The van der Waals surface area contributed by atoms with Gasteiger partial charge in [-0.3, -0.25) is 13.6 Å². The molecular weight excluding hydrogens is 286 g/mol. The highest BCUT2D eigenvalue weighted by Gasteiger charge is 2.47. The van der Waals surface area contributed by atoms with Crippen LogP contribution < -0.4 is 0 Å². The average molecular weight is 312 g/mol. The van der Waals surface area contributed by atoms with Gasteiger partial charge in [0.2, 0.25) is 0 Å². The third kappa shape index (κ3) is 3.92. The van der Waals surface area contributed by atoms with Crippen LogP contribution in [0, 0.1) is 5.41 Å². The zero-order chi connectivity index (χ0) is 14.9. The van der Waals surface area contributed by atoms with Gasteiger partial charge in [-0.15, -0.1) is 0 Å². The van der Waals surface area contributed by atoms with E-state index in [2.05, 4.69) is 13.8 Å². The third-order valence-electron chi connectivity index (χ3n) is 4.19. The summed E-state index contributed by atoms with van der Waals surface area (Å²) in [6.45, 7) is 11.3. The van der Waals surface area contributed by atoms with Crippen LogP contribution in [-0.2, 0) is 22.7 Å². The van der Waals surface area contributed by atoms with Gasteiger partial charge in [-0.2, -0.15) is 0 Å². The lowest BCUT2D eigenvalue weighted by Gasteiger charge is -2.40. The van der Waals surface area contributed by atoms with Gasteiger partial charge in [-0.05, 0) is 40.0 Å². The smallest absolute Gasteiger partial charge is 0.321 e. The van der Waals surface area contributed by atoms with Crippen molar-refractivity contribution in [3.8, 4) is 0 Å². The molecule has 0 bridgehead atoms. The SMILES string of the molecule is CCC1(CC)COP(=O)(OC(C)(C)P(C)(C)=O)OC1. The Bertz CT molecular complexity index is 394. The van der Waals surface area contributed by atoms with Crippen LogP contribution in [0.4, 0.5) is 0 Å². The number of rotatable bonds is 5. The Balaban J connectivity index is 2.78. The molecule has 0 spiro atoms. The van der Waals surface area contributed by atoms with E-state index in [4.69, 9.17) is 13.6 Å². The first kappa shape index (κ1) is 17.4. The number of phosphoric acid groups is 1. The molecule has 0 unspecified atom stereocenters. The molecule has 1 fully saturated rings. The molecule has 0 saturated carbocycles. The minimum absolute atomic E-state index is 0.0937. The normalized spacial score (nSPS) is 23.3. The largest absolute Gasteiger partial charge is 0.475 e. The molecule has 19 heavy (non-hydrogen) atoms. The molecule has 0 aromatic carbocycles. The van der Waals surface area contributed by atoms with Crippen LogP contribution in [0.5, 0.6) is 0 Å². The summed E-state index contributed by atoms with van der Waals surface area (Å²) in [7, 11) is -6.19. The first-order valence-corrected chi connectivity index (χ1v) is 10.7. The van der Waals surface area contributed by atoms with E-state index in [9.17, 15) is 9.13 Å². The molecule has 1 aliphatic rings. The van der Waals surface area contributed by atoms with Gasteiger partial charge in [-0.1, -0.05) is 13.8 Å². The maximum absolute atomic E-state index is 12.4. The Morgan fingerprint density at radius 2 is 1.63 bits per heavy atom. The molecule has 1 saturated heterocycles. The zero-order valence-corrected chi connectivity index (χ0v) is 14.6. The second-order valence-electron chi connectivity index (χ2n) is 6.09. The zero-order valence-electron chi connectivity index (χ0n) is 12.8. The predicted octanol–water partition coefficient (Wildman–Crippen LogP) is 4.32. The standard InChI is InChI=1S/C12H26O5P2/c1-7-12(8-2)9-15-19(14,16-10-12)17-11(3,4)18(5,6)13/h7-10H2,1-6H3. The maximum Gasteiger partial charge on any atom is 0.475 e. The van der Waals surface area contributed by atoms with Crippen molar-refractivity contribution in [2.45, 2.75) is 45.9 Å².